The number of carbonyl (C=O) groups is 1. The van der Waals surface area contributed by atoms with Crippen LogP contribution in [0.15, 0.2) is 41.2 Å². The van der Waals surface area contributed by atoms with Crippen LogP contribution in [0.3, 0.4) is 0 Å². The van der Waals surface area contributed by atoms with E-state index in [0.717, 1.165) is 10.2 Å². The third-order valence-electron chi connectivity index (χ3n) is 2.74. The first-order valence-electron chi connectivity index (χ1n) is 5.93. The first kappa shape index (κ1) is 13.8. The van der Waals surface area contributed by atoms with Crippen LogP contribution >= 0.6 is 0 Å². The van der Waals surface area contributed by atoms with Crippen LogP contribution in [-0.4, -0.2) is 30.0 Å². The summed E-state index contributed by atoms with van der Waals surface area (Å²) < 4.78 is 10.7. The number of esters is 1. The summed E-state index contributed by atoms with van der Waals surface area (Å²) in [6.07, 6.45) is 0. The summed E-state index contributed by atoms with van der Waals surface area (Å²) in [5.41, 5.74) is 1.01. The van der Waals surface area contributed by atoms with Gasteiger partial charge in [0.15, 0.2) is 0 Å². The summed E-state index contributed by atoms with van der Waals surface area (Å²) in [4.78, 5) is 22.9. The molecule has 0 bridgehead atoms. The van der Waals surface area contributed by atoms with Gasteiger partial charge in [-0.3, -0.25) is 9.59 Å². The fraction of sp³-hybridized carbons (Fsp3) is 0.214. The Labute approximate surface area is 115 Å². The van der Waals surface area contributed by atoms with Gasteiger partial charge in [-0.25, -0.2) is 4.68 Å². The molecule has 2 aromatic rings. The van der Waals surface area contributed by atoms with E-state index in [1.807, 2.05) is 18.2 Å². The summed E-state index contributed by atoms with van der Waals surface area (Å²) in [5.74, 6) is 0.164. The quantitative estimate of drug-likeness (QED) is 0.781. The Balaban J connectivity index is 2.40. The van der Waals surface area contributed by atoms with Crippen LogP contribution in [-0.2, 0) is 16.1 Å². The van der Waals surface area contributed by atoms with E-state index in [0.29, 0.717) is 11.4 Å². The fourth-order valence-corrected chi connectivity index (χ4v) is 1.69. The number of ether oxygens (including phenoxy) is 2. The average Bonchev–Trinajstić information content (AvgIpc) is 2.49. The Morgan fingerprint density at radius 2 is 2.05 bits per heavy atom. The second-order valence-corrected chi connectivity index (χ2v) is 4.02. The maximum atomic E-state index is 11.6. The highest BCUT2D eigenvalue weighted by Gasteiger charge is 2.08. The molecule has 0 radical (unpaired) electrons. The number of hydrogen-bond donors (Lipinski definition) is 0. The van der Waals surface area contributed by atoms with Crippen molar-refractivity contribution in [2.45, 2.75) is 6.54 Å². The maximum absolute atomic E-state index is 11.6. The number of aromatic nitrogens is 2. The van der Waals surface area contributed by atoms with E-state index < -0.39 is 5.97 Å². The molecule has 0 aliphatic heterocycles. The van der Waals surface area contributed by atoms with Gasteiger partial charge in [0.25, 0.3) is 5.56 Å². The molecule has 6 heteroatoms. The molecule has 0 aliphatic carbocycles. The summed E-state index contributed by atoms with van der Waals surface area (Å²) in [6.45, 7) is -0.215. The van der Waals surface area contributed by atoms with Crippen LogP contribution in [0.4, 0.5) is 0 Å². The number of carbonyl (C=O) groups excluding carboxylic acids is 1. The van der Waals surface area contributed by atoms with Crippen LogP contribution in [0.5, 0.6) is 5.75 Å². The van der Waals surface area contributed by atoms with Gasteiger partial charge in [0.2, 0.25) is 0 Å². The van der Waals surface area contributed by atoms with Crippen molar-refractivity contribution < 1.29 is 14.3 Å². The molecule has 0 aliphatic rings. The first-order valence-corrected chi connectivity index (χ1v) is 5.93. The van der Waals surface area contributed by atoms with Crippen molar-refractivity contribution in [3.05, 3.63) is 46.8 Å². The van der Waals surface area contributed by atoms with Crippen molar-refractivity contribution in [3.63, 3.8) is 0 Å². The minimum Gasteiger partial charge on any atom is -0.497 e. The van der Waals surface area contributed by atoms with Gasteiger partial charge >= 0.3 is 5.97 Å². The molecule has 0 atom stereocenters. The van der Waals surface area contributed by atoms with E-state index in [2.05, 4.69) is 9.84 Å². The third kappa shape index (κ3) is 3.03. The number of methoxy groups -OCH3 is 2. The Morgan fingerprint density at radius 3 is 2.75 bits per heavy atom. The summed E-state index contributed by atoms with van der Waals surface area (Å²) in [6, 6.07) is 10.3. The van der Waals surface area contributed by atoms with Crippen LogP contribution in [0.1, 0.15) is 0 Å². The van der Waals surface area contributed by atoms with Gasteiger partial charge < -0.3 is 9.47 Å². The molecule has 0 saturated carbocycles. The van der Waals surface area contributed by atoms with Gasteiger partial charge in [0.1, 0.15) is 12.3 Å². The minimum absolute atomic E-state index is 0.215. The topological polar surface area (TPSA) is 70.4 Å². The minimum atomic E-state index is -0.526. The molecule has 1 aromatic heterocycles. The predicted molar refractivity (Wildman–Crippen MR) is 72.5 cm³/mol. The monoisotopic (exact) mass is 274 g/mol. The molecule has 1 heterocycles. The molecule has 0 unspecified atom stereocenters. The molecule has 1 aromatic carbocycles. The summed E-state index contributed by atoms with van der Waals surface area (Å²) >= 11 is 0. The molecule has 104 valence electrons. The zero-order valence-corrected chi connectivity index (χ0v) is 11.2. The van der Waals surface area contributed by atoms with Crippen molar-refractivity contribution >= 4 is 5.97 Å². The fourth-order valence-electron chi connectivity index (χ4n) is 1.69. The van der Waals surface area contributed by atoms with E-state index >= 15 is 0 Å². The number of benzene rings is 1. The van der Waals surface area contributed by atoms with Crippen LogP contribution in [0.2, 0.25) is 0 Å². The Hall–Kier alpha value is -2.63. The highest BCUT2D eigenvalue weighted by molar-refractivity contribution is 5.69. The van der Waals surface area contributed by atoms with Crippen molar-refractivity contribution in [2.24, 2.45) is 0 Å². The highest BCUT2D eigenvalue weighted by Crippen LogP contribution is 2.20. The number of nitrogens with zero attached hydrogens (tertiary/aromatic N) is 2. The van der Waals surface area contributed by atoms with Crippen LogP contribution in [0.25, 0.3) is 11.3 Å². The van der Waals surface area contributed by atoms with Crippen LogP contribution < -0.4 is 10.3 Å². The van der Waals surface area contributed by atoms with Crippen molar-refractivity contribution in [2.75, 3.05) is 14.2 Å². The molecule has 20 heavy (non-hydrogen) atoms. The Bertz CT molecular complexity index is 679. The lowest BCUT2D eigenvalue weighted by Crippen LogP contribution is -2.26. The normalized spacial score (nSPS) is 10.1. The third-order valence-corrected chi connectivity index (χ3v) is 2.74. The lowest BCUT2D eigenvalue weighted by Gasteiger charge is -2.07. The maximum Gasteiger partial charge on any atom is 0.327 e. The molecule has 2 rings (SSSR count). The molecule has 0 saturated heterocycles. The van der Waals surface area contributed by atoms with Crippen molar-refractivity contribution in [3.8, 4) is 17.0 Å². The second-order valence-electron chi connectivity index (χ2n) is 4.02. The van der Waals surface area contributed by atoms with Crippen LogP contribution in [0, 0.1) is 0 Å². The van der Waals surface area contributed by atoms with Crippen molar-refractivity contribution in [1.82, 2.24) is 9.78 Å². The van der Waals surface area contributed by atoms with E-state index in [9.17, 15) is 9.59 Å². The Morgan fingerprint density at radius 1 is 1.25 bits per heavy atom. The van der Waals surface area contributed by atoms with Gasteiger partial charge in [-0.2, -0.15) is 5.10 Å². The van der Waals surface area contributed by atoms with Crippen molar-refractivity contribution in [1.29, 1.82) is 0 Å². The lowest BCUT2D eigenvalue weighted by atomic mass is 10.1. The average molecular weight is 274 g/mol. The standard InChI is InChI=1S/C14H14N2O4/c1-19-11-5-3-4-10(8-11)12-6-7-13(17)16(15-12)9-14(18)20-2/h3-8H,9H2,1-2H3. The SMILES string of the molecule is COC(=O)Cn1nc(-c2cccc(OC)c2)ccc1=O. The van der Waals surface area contributed by atoms with Gasteiger partial charge in [-0.15, -0.1) is 0 Å². The van der Waals surface area contributed by atoms with Gasteiger partial charge in [-0.05, 0) is 18.2 Å². The number of hydrogen-bond acceptors (Lipinski definition) is 5. The summed E-state index contributed by atoms with van der Waals surface area (Å²) in [5, 5.41) is 4.15. The molecule has 0 fully saturated rings. The molecule has 0 spiro atoms. The second kappa shape index (κ2) is 6.01. The van der Waals surface area contributed by atoms with E-state index in [4.69, 9.17) is 4.74 Å². The first-order chi connectivity index (χ1) is 9.63. The highest BCUT2D eigenvalue weighted by atomic mass is 16.5. The smallest absolute Gasteiger partial charge is 0.327 e. The zero-order valence-electron chi connectivity index (χ0n) is 11.2. The number of rotatable bonds is 4. The molecule has 6 nitrogen and oxygen atoms in total. The van der Waals surface area contributed by atoms with E-state index in [1.165, 1.54) is 13.2 Å². The lowest BCUT2D eigenvalue weighted by molar-refractivity contribution is -0.141. The van der Waals surface area contributed by atoms with Gasteiger partial charge in [-0.1, -0.05) is 12.1 Å². The largest absolute Gasteiger partial charge is 0.497 e. The predicted octanol–water partition coefficient (Wildman–Crippen LogP) is 1.09. The van der Waals surface area contributed by atoms with Gasteiger partial charge in [0, 0.05) is 11.6 Å². The molecule has 0 N–H and O–H groups in total. The Kier molecular flexibility index (Phi) is 4.14. The molecular formula is C14H14N2O4. The zero-order chi connectivity index (χ0) is 14.5. The molecular weight excluding hydrogens is 260 g/mol. The van der Waals surface area contributed by atoms with E-state index in [1.54, 1.807) is 19.2 Å². The molecule has 0 amide bonds. The van der Waals surface area contributed by atoms with E-state index in [-0.39, 0.29) is 12.1 Å². The van der Waals surface area contributed by atoms with Gasteiger partial charge in [0.05, 0.1) is 19.9 Å². The summed E-state index contributed by atoms with van der Waals surface area (Å²) in [7, 11) is 2.84.